The van der Waals surface area contributed by atoms with Crippen LogP contribution in [0.1, 0.15) is 49.0 Å². The Morgan fingerprint density at radius 2 is 1.92 bits per heavy atom. The van der Waals surface area contributed by atoms with Gasteiger partial charge >= 0.3 is 0 Å². The number of amides is 1. The second-order valence-electron chi connectivity index (χ2n) is 8.17. The summed E-state index contributed by atoms with van der Waals surface area (Å²) < 4.78 is 0. The molecule has 1 atom stereocenters. The van der Waals surface area contributed by atoms with Crippen molar-refractivity contribution in [2.75, 3.05) is 39.3 Å². The first-order valence-electron chi connectivity index (χ1n) is 10.1. The molecular formula is C21H31N3O2. The number of piperazine rings is 1. The van der Waals surface area contributed by atoms with Crippen LogP contribution in [0.3, 0.4) is 0 Å². The highest BCUT2D eigenvalue weighted by molar-refractivity contribution is 5.78. The van der Waals surface area contributed by atoms with Gasteiger partial charge < -0.3 is 10.0 Å². The molecule has 0 bridgehead atoms. The molecule has 1 saturated carbocycles. The standard InChI is InChI=1S/C21H31N3O2/c1-16(25)17-5-6-19-14-22(8-7-18(19)13-17)15-21(26)24-11-9-23(10-12-24)20-3-2-4-20/h5-6,13,16,20,25H,2-4,7-12,14-15H2,1H3/t16-/m0/s1. The lowest BCUT2D eigenvalue weighted by atomic mass is 9.91. The maximum absolute atomic E-state index is 12.7. The van der Waals surface area contributed by atoms with Crippen LogP contribution in [0, 0.1) is 0 Å². The molecule has 1 N–H and O–H groups in total. The van der Waals surface area contributed by atoms with Gasteiger partial charge in [0.2, 0.25) is 5.91 Å². The molecule has 1 aliphatic carbocycles. The highest BCUT2D eigenvalue weighted by Crippen LogP contribution is 2.26. The zero-order valence-electron chi connectivity index (χ0n) is 15.9. The van der Waals surface area contributed by atoms with Gasteiger partial charge in [0, 0.05) is 45.3 Å². The Hall–Kier alpha value is -1.43. The lowest BCUT2D eigenvalue weighted by Gasteiger charge is -2.43. The number of carbonyl (C=O) groups is 1. The molecule has 26 heavy (non-hydrogen) atoms. The SMILES string of the molecule is C[C@H](O)c1ccc2c(c1)CCN(CC(=O)N1CCN(C3CCC3)CC1)C2. The van der Waals surface area contributed by atoms with E-state index in [9.17, 15) is 9.90 Å². The third kappa shape index (κ3) is 3.80. The van der Waals surface area contributed by atoms with E-state index in [-0.39, 0.29) is 5.91 Å². The average Bonchev–Trinajstić information content (AvgIpc) is 2.60. The van der Waals surface area contributed by atoms with Crippen LogP contribution >= 0.6 is 0 Å². The number of fused-ring (bicyclic) bond motifs is 1. The number of hydrogen-bond donors (Lipinski definition) is 1. The topological polar surface area (TPSA) is 47.0 Å². The molecule has 1 aromatic carbocycles. The van der Waals surface area contributed by atoms with E-state index in [4.69, 9.17) is 0 Å². The molecule has 2 fully saturated rings. The first-order valence-corrected chi connectivity index (χ1v) is 10.1. The number of carbonyl (C=O) groups excluding carboxylic acids is 1. The Morgan fingerprint density at radius 1 is 1.15 bits per heavy atom. The van der Waals surface area contributed by atoms with E-state index in [1.165, 1.54) is 30.4 Å². The Kier molecular flexibility index (Phi) is 5.30. The van der Waals surface area contributed by atoms with Crippen molar-refractivity contribution >= 4 is 5.91 Å². The second kappa shape index (κ2) is 7.67. The van der Waals surface area contributed by atoms with E-state index < -0.39 is 6.10 Å². The molecule has 1 saturated heterocycles. The lowest BCUT2D eigenvalue weighted by molar-refractivity contribution is -0.135. The fraction of sp³-hybridized carbons (Fsp3) is 0.667. The highest BCUT2D eigenvalue weighted by Gasteiger charge is 2.30. The molecule has 3 aliphatic rings. The average molecular weight is 357 g/mol. The van der Waals surface area contributed by atoms with Crippen LogP contribution < -0.4 is 0 Å². The van der Waals surface area contributed by atoms with Gasteiger partial charge in [0.15, 0.2) is 0 Å². The van der Waals surface area contributed by atoms with Crippen LogP contribution in [0.15, 0.2) is 18.2 Å². The van der Waals surface area contributed by atoms with E-state index in [0.29, 0.717) is 6.54 Å². The van der Waals surface area contributed by atoms with Crippen molar-refractivity contribution in [3.05, 3.63) is 34.9 Å². The van der Waals surface area contributed by atoms with Gasteiger partial charge in [-0.3, -0.25) is 14.6 Å². The summed E-state index contributed by atoms with van der Waals surface area (Å²) in [5.41, 5.74) is 3.60. The molecule has 1 aromatic rings. The second-order valence-corrected chi connectivity index (χ2v) is 8.17. The Labute approximate surface area is 156 Å². The number of aliphatic hydroxyl groups excluding tert-OH is 1. The van der Waals surface area contributed by atoms with E-state index in [0.717, 1.165) is 57.3 Å². The van der Waals surface area contributed by atoms with Crippen molar-refractivity contribution in [3.63, 3.8) is 0 Å². The van der Waals surface area contributed by atoms with Crippen LogP contribution in [-0.4, -0.2) is 71.0 Å². The minimum atomic E-state index is -0.418. The first kappa shape index (κ1) is 18.0. The maximum Gasteiger partial charge on any atom is 0.236 e. The fourth-order valence-corrected chi connectivity index (χ4v) is 4.41. The van der Waals surface area contributed by atoms with Crippen molar-refractivity contribution in [1.29, 1.82) is 0 Å². The summed E-state index contributed by atoms with van der Waals surface area (Å²) in [6, 6.07) is 7.04. The molecule has 0 spiro atoms. The van der Waals surface area contributed by atoms with E-state index >= 15 is 0 Å². The summed E-state index contributed by atoms with van der Waals surface area (Å²) in [6.45, 7) is 7.95. The lowest BCUT2D eigenvalue weighted by Crippen LogP contribution is -2.55. The van der Waals surface area contributed by atoms with Gasteiger partial charge in [-0.15, -0.1) is 0 Å². The molecule has 5 nitrogen and oxygen atoms in total. The molecule has 5 heteroatoms. The van der Waals surface area contributed by atoms with Crippen LogP contribution in [0.4, 0.5) is 0 Å². The normalized spacial score (nSPS) is 23.4. The third-order valence-electron chi connectivity index (χ3n) is 6.42. The fourth-order valence-electron chi connectivity index (χ4n) is 4.41. The Balaban J connectivity index is 1.29. The molecule has 0 aromatic heterocycles. The van der Waals surface area contributed by atoms with Crippen molar-refractivity contribution in [3.8, 4) is 0 Å². The summed E-state index contributed by atoms with van der Waals surface area (Å²) in [4.78, 5) is 19.6. The molecule has 2 heterocycles. The van der Waals surface area contributed by atoms with E-state index in [1.54, 1.807) is 6.92 Å². The predicted molar refractivity (Wildman–Crippen MR) is 102 cm³/mol. The zero-order valence-corrected chi connectivity index (χ0v) is 15.9. The summed E-state index contributed by atoms with van der Waals surface area (Å²) in [5, 5.41) is 9.75. The summed E-state index contributed by atoms with van der Waals surface area (Å²) >= 11 is 0. The van der Waals surface area contributed by atoms with Crippen LogP contribution in [0.2, 0.25) is 0 Å². The molecule has 1 amide bonds. The van der Waals surface area contributed by atoms with Crippen LogP contribution in [0.5, 0.6) is 0 Å². The zero-order chi connectivity index (χ0) is 18.1. The monoisotopic (exact) mass is 357 g/mol. The van der Waals surface area contributed by atoms with Crippen molar-refractivity contribution in [2.45, 2.75) is 51.3 Å². The summed E-state index contributed by atoms with van der Waals surface area (Å²) in [7, 11) is 0. The van der Waals surface area contributed by atoms with Gasteiger partial charge in [-0.25, -0.2) is 0 Å². The molecular weight excluding hydrogens is 326 g/mol. The molecule has 4 rings (SSSR count). The number of nitrogens with zero attached hydrogens (tertiary/aromatic N) is 3. The number of aliphatic hydroxyl groups is 1. The van der Waals surface area contributed by atoms with Gasteiger partial charge in [0.25, 0.3) is 0 Å². The predicted octanol–water partition coefficient (Wildman–Crippen LogP) is 1.79. The van der Waals surface area contributed by atoms with Crippen molar-refractivity contribution in [1.82, 2.24) is 14.7 Å². The number of hydrogen-bond acceptors (Lipinski definition) is 4. The van der Waals surface area contributed by atoms with Crippen LogP contribution in [0.25, 0.3) is 0 Å². The van der Waals surface area contributed by atoms with Gasteiger partial charge in [0.1, 0.15) is 0 Å². The highest BCUT2D eigenvalue weighted by atomic mass is 16.3. The minimum Gasteiger partial charge on any atom is -0.389 e. The minimum absolute atomic E-state index is 0.280. The summed E-state index contributed by atoms with van der Waals surface area (Å²) in [6.07, 6.45) is 4.60. The van der Waals surface area contributed by atoms with Gasteiger partial charge in [-0.2, -0.15) is 0 Å². The third-order valence-corrected chi connectivity index (χ3v) is 6.42. The molecule has 0 unspecified atom stereocenters. The Bertz CT molecular complexity index is 649. The van der Waals surface area contributed by atoms with E-state index in [2.05, 4.69) is 26.8 Å². The van der Waals surface area contributed by atoms with Crippen LogP contribution in [-0.2, 0) is 17.8 Å². The number of benzene rings is 1. The molecule has 2 aliphatic heterocycles. The largest absolute Gasteiger partial charge is 0.389 e. The van der Waals surface area contributed by atoms with Gasteiger partial charge in [-0.1, -0.05) is 24.6 Å². The van der Waals surface area contributed by atoms with Gasteiger partial charge in [-0.05, 0) is 42.9 Å². The van der Waals surface area contributed by atoms with E-state index in [1.807, 2.05) is 6.07 Å². The van der Waals surface area contributed by atoms with Crippen molar-refractivity contribution in [2.24, 2.45) is 0 Å². The Morgan fingerprint density at radius 3 is 2.58 bits per heavy atom. The summed E-state index contributed by atoms with van der Waals surface area (Å²) in [5.74, 6) is 0.280. The van der Waals surface area contributed by atoms with Crippen molar-refractivity contribution < 1.29 is 9.90 Å². The first-order chi connectivity index (χ1) is 12.6. The number of rotatable bonds is 4. The molecule has 142 valence electrons. The molecule has 0 radical (unpaired) electrons. The maximum atomic E-state index is 12.7. The quantitative estimate of drug-likeness (QED) is 0.893. The van der Waals surface area contributed by atoms with Gasteiger partial charge in [0.05, 0.1) is 12.6 Å². The smallest absolute Gasteiger partial charge is 0.236 e.